The third-order valence-corrected chi connectivity index (χ3v) is 4.94. The number of rotatable bonds is 5. The maximum absolute atomic E-state index is 9.00. The maximum atomic E-state index is 9.00. The van der Waals surface area contributed by atoms with E-state index in [-0.39, 0.29) is 0 Å². The quantitative estimate of drug-likeness (QED) is 0.386. The van der Waals surface area contributed by atoms with Gasteiger partial charge in [-0.25, -0.2) is 9.97 Å². The van der Waals surface area contributed by atoms with E-state index in [1.54, 1.807) is 18.0 Å². The van der Waals surface area contributed by atoms with E-state index >= 15 is 0 Å². The van der Waals surface area contributed by atoms with E-state index in [0.717, 1.165) is 40.9 Å². The SMILES string of the molecule is CC(=O)O.COc1cc(Nc2nc3nc(C)cc(-c4ccccc4)n3n2)ccc1-n1cnc(C)c1. The number of hydrogen-bond donors (Lipinski definition) is 2. The van der Waals surface area contributed by atoms with Gasteiger partial charge in [-0.15, -0.1) is 5.10 Å². The Balaban J connectivity index is 0.000000672. The molecule has 0 radical (unpaired) electrons. The molecule has 10 heteroatoms. The van der Waals surface area contributed by atoms with Crippen LogP contribution >= 0.6 is 0 Å². The molecule has 3 aromatic heterocycles. The number of fused-ring (bicyclic) bond motifs is 1. The molecule has 5 rings (SSSR count). The summed E-state index contributed by atoms with van der Waals surface area (Å²) in [5.41, 5.74) is 5.52. The first-order chi connectivity index (χ1) is 16.8. The highest BCUT2D eigenvalue weighted by Crippen LogP contribution is 2.28. The Kier molecular flexibility index (Phi) is 6.72. The molecular weight excluding hydrogens is 446 g/mol. The summed E-state index contributed by atoms with van der Waals surface area (Å²) in [5, 5.41) is 15.3. The standard InChI is InChI=1S/C23H21N7O.C2H4O2/c1-15-11-20(17-7-5-4-6-8-17)30-23(25-15)27-22(28-30)26-18-9-10-19(21(12-18)31-3)29-13-16(2)24-14-29;1-2(3)4/h4-14H,1-3H3,(H,26,28);1H3,(H,3,4). The van der Waals surface area contributed by atoms with Gasteiger partial charge in [0, 0.05) is 36.1 Å². The van der Waals surface area contributed by atoms with Crippen LogP contribution in [0.1, 0.15) is 18.3 Å². The second kappa shape index (κ2) is 10.0. The second-order valence-corrected chi connectivity index (χ2v) is 7.75. The number of benzene rings is 2. The predicted molar refractivity (Wildman–Crippen MR) is 132 cm³/mol. The van der Waals surface area contributed by atoms with Crippen molar-refractivity contribution in [3.8, 4) is 22.7 Å². The van der Waals surface area contributed by atoms with Crippen molar-refractivity contribution >= 4 is 23.4 Å². The molecule has 0 atom stereocenters. The van der Waals surface area contributed by atoms with E-state index in [1.165, 1.54) is 0 Å². The van der Waals surface area contributed by atoms with Crippen LogP contribution in [0.5, 0.6) is 5.75 Å². The van der Waals surface area contributed by atoms with Gasteiger partial charge in [-0.2, -0.15) is 9.50 Å². The molecule has 0 saturated carbocycles. The number of aromatic nitrogens is 6. The summed E-state index contributed by atoms with van der Waals surface area (Å²) in [7, 11) is 1.65. The highest BCUT2D eigenvalue weighted by molar-refractivity contribution is 5.65. The second-order valence-electron chi connectivity index (χ2n) is 7.75. The minimum atomic E-state index is -0.833. The largest absolute Gasteiger partial charge is 0.494 e. The average molecular weight is 472 g/mol. The van der Waals surface area contributed by atoms with Gasteiger partial charge in [0.1, 0.15) is 5.75 Å². The molecule has 0 aliphatic heterocycles. The third kappa shape index (κ3) is 5.44. The van der Waals surface area contributed by atoms with Gasteiger partial charge < -0.3 is 19.7 Å². The minimum absolute atomic E-state index is 0.462. The summed E-state index contributed by atoms with van der Waals surface area (Å²) in [6, 6.07) is 17.9. The Bertz CT molecular complexity index is 1470. The highest BCUT2D eigenvalue weighted by Gasteiger charge is 2.13. The van der Waals surface area contributed by atoms with Crippen LogP contribution in [0, 0.1) is 13.8 Å². The first-order valence-corrected chi connectivity index (χ1v) is 10.8. The fraction of sp³-hybridized carbons (Fsp3) is 0.160. The van der Waals surface area contributed by atoms with E-state index in [0.29, 0.717) is 17.5 Å². The lowest BCUT2D eigenvalue weighted by Gasteiger charge is -2.11. The van der Waals surface area contributed by atoms with Gasteiger partial charge in [0.15, 0.2) is 0 Å². The number of ether oxygens (including phenoxy) is 1. The number of aryl methyl sites for hydroxylation is 2. The smallest absolute Gasteiger partial charge is 0.300 e. The molecule has 0 amide bonds. The van der Waals surface area contributed by atoms with E-state index in [2.05, 4.69) is 25.4 Å². The lowest BCUT2D eigenvalue weighted by Crippen LogP contribution is -1.99. The van der Waals surface area contributed by atoms with Gasteiger partial charge in [0.25, 0.3) is 11.7 Å². The van der Waals surface area contributed by atoms with Crippen molar-refractivity contribution in [2.45, 2.75) is 20.8 Å². The van der Waals surface area contributed by atoms with Crippen LogP contribution in [0.15, 0.2) is 67.1 Å². The lowest BCUT2D eigenvalue weighted by molar-refractivity contribution is -0.134. The van der Waals surface area contributed by atoms with Crippen molar-refractivity contribution in [1.82, 2.24) is 29.1 Å². The van der Waals surface area contributed by atoms with Gasteiger partial charge in [-0.05, 0) is 32.0 Å². The van der Waals surface area contributed by atoms with Crippen molar-refractivity contribution in [3.63, 3.8) is 0 Å². The normalized spacial score (nSPS) is 10.5. The van der Waals surface area contributed by atoms with E-state index in [9.17, 15) is 0 Å². The van der Waals surface area contributed by atoms with Crippen molar-refractivity contribution in [3.05, 3.63) is 78.5 Å². The highest BCUT2D eigenvalue weighted by atomic mass is 16.5. The first-order valence-electron chi connectivity index (χ1n) is 10.8. The Labute approximate surface area is 201 Å². The van der Waals surface area contributed by atoms with Gasteiger partial charge >= 0.3 is 0 Å². The third-order valence-electron chi connectivity index (χ3n) is 4.94. The summed E-state index contributed by atoms with van der Waals surface area (Å²) in [5.74, 6) is 0.882. The monoisotopic (exact) mass is 471 g/mol. The van der Waals surface area contributed by atoms with Crippen LogP contribution in [-0.4, -0.2) is 47.3 Å². The van der Waals surface area contributed by atoms with E-state index < -0.39 is 5.97 Å². The molecule has 0 saturated heterocycles. The molecule has 0 aliphatic carbocycles. The number of methoxy groups -OCH3 is 1. The molecule has 2 aromatic carbocycles. The molecule has 0 fully saturated rings. The summed E-state index contributed by atoms with van der Waals surface area (Å²) < 4.78 is 9.28. The molecule has 0 spiro atoms. The minimum Gasteiger partial charge on any atom is -0.494 e. The molecular formula is C25H25N7O3. The molecule has 5 aromatic rings. The maximum Gasteiger partial charge on any atom is 0.300 e. The Morgan fingerprint density at radius 3 is 2.43 bits per heavy atom. The number of nitrogens with zero attached hydrogens (tertiary/aromatic N) is 6. The van der Waals surface area contributed by atoms with E-state index in [4.69, 9.17) is 14.6 Å². The van der Waals surface area contributed by atoms with E-state index in [1.807, 2.05) is 79.2 Å². The summed E-state index contributed by atoms with van der Waals surface area (Å²) in [6.07, 6.45) is 3.72. The molecule has 3 heterocycles. The predicted octanol–water partition coefficient (Wildman–Crippen LogP) is 4.44. The van der Waals surface area contributed by atoms with Crippen LogP contribution in [0.3, 0.4) is 0 Å². The summed E-state index contributed by atoms with van der Waals surface area (Å²) in [6.45, 7) is 4.99. The molecule has 2 N–H and O–H groups in total. The molecule has 0 unspecified atom stereocenters. The van der Waals surface area contributed by atoms with Crippen LogP contribution in [0.2, 0.25) is 0 Å². The number of hydrogen-bond acceptors (Lipinski definition) is 7. The first kappa shape index (κ1) is 23.4. The Morgan fingerprint density at radius 1 is 1.03 bits per heavy atom. The number of carboxylic acids is 1. The number of carbonyl (C=O) groups is 1. The van der Waals surface area contributed by atoms with Crippen LogP contribution in [-0.2, 0) is 4.79 Å². The van der Waals surface area contributed by atoms with Crippen LogP contribution in [0.25, 0.3) is 22.7 Å². The van der Waals surface area contributed by atoms with Crippen LogP contribution in [0.4, 0.5) is 11.6 Å². The van der Waals surface area contributed by atoms with Gasteiger partial charge in [-0.1, -0.05) is 30.3 Å². The fourth-order valence-corrected chi connectivity index (χ4v) is 3.51. The Morgan fingerprint density at radius 2 is 1.77 bits per heavy atom. The number of imidazole rings is 1. The van der Waals surface area contributed by atoms with Crippen molar-refractivity contribution < 1.29 is 14.6 Å². The molecule has 0 aliphatic rings. The zero-order valence-corrected chi connectivity index (χ0v) is 19.8. The fourth-order valence-electron chi connectivity index (χ4n) is 3.51. The molecule has 35 heavy (non-hydrogen) atoms. The summed E-state index contributed by atoms with van der Waals surface area (Å²) in [4.78, 5) is 22.4. The molecule has 178 valence electrons. The van der Waals surface area contributed by atoms with Crippen LogP contribution < -0.4 is 10.1 Å². The topological polar surface area (TPSA) is 119 Å². The molecule has 0 bridgehead atoms. The number of carboxylic acid groups (broad SMARTS) is 1. The number of anilines is 2. The number of nitrogens with one attached hydrogen (secondary N) is 1. The van der Waals surface area contributed by atoms with Gasteiger partial charge in [-0.3, -0.25) is 4.79 Å². The van der Waals surface area contributed by atoms with Crippen molar-refractivity contribution in [1.29, 1.82) is 0 Å². The van der Waals surface area contributed by atoms with Gasteiger partial charge in [0.05, 0.1) is 30.5 Å². The zero-order valence-electron chi connectivity index (χ0n) is 19.8. The number of aliphatic carboxylic acids is 1. The molecule has 10 nitrogen and oxygen atoms in total. The Hall–Kier alpha value is -4.73. The van der Waals surface area contributed by atoms with Gasteiger partial charge in [0.2, 0.25) is 5.95 Å². The van der Waals surface area contributed by atoms with Crippen molar-refractivity contribution in [2.24, 2.45) is 0 Å². The average Bonchev–Trinajstić information content (AvgIpc) is 3.44. The summed E-state index contributed by atoms with van der Waals surface area (Å²) >= 11 is 0. The van der Waals surface area contributed by atoms with Crippen molar-refractivity contribution in [2.75, 3.05) is 12.4 Å². The zero-order chi connectivity index (χ0) is 24.9. The lowest BCUT2D eigenvalue weighted by atomic mass is 10.1.